The summed E-state index contributed by atoms with van der Waals surface area (Å²) in [5.74, 6) is 2.67. The molecule has 25 heavy (non-hydrogen) atoms. The molecule has 0 radical (unpaired) electrons. The average molecular weight is 346 g/mol. The van der Waals surface area contributed by atoms with Crippen molar-refractivity contribution in [3.05, 3.63) is 34.4 Å². The van der Waals surface area contributed by atoms with E-state index >= 15 is 0 Å². The van der Waals surface area contributed by atoms with Gasteiger partial charge in [-0.3, -0.25) is 0 Å². The molecule has 1 nitrogen and oxygen atoms in total. The van der Waals surface area contributed by atoms with Crippen molar-refractivity contribution in [2.75, 3.05) is 7.05 Å². The van der Waals surface area contributed by atoms with Crippen LogP contribution in [-0.2, 0) is 0 Å². The molecule has 0 spiro atoms. The van der Waals surface area contributed by atoms with Crippen molar-refractivity contribution in [1.29, 1.82) is 0 Å². The van der Waals surface area contributed by atoms with Gasteiger partial charge in [-0.05, 0) is 69.1 Å². The third-order valence-corrected chi connectivity index (χ3v) is 6.12. The van der Waals surface area contributed by atoms with Crippen molar-refractivity contribution in [2.24, 2.45) is 23.7 Å². The summed E-state index contributed by atoms with van der Waals surface area (Å²) in [5.41, 5.74) is 6.47. The van der Waals surface area contributed by atoms with Gasteiger partial charge >= 0.3 is 0 Å². The second-order valence-electron chi connectivity index (χ2n) is 8.43. The normalized spacial score (nSPS) is 26.0. The molecule has 0 aromatic rings. The molecule has 4 atom stereocenters. The molecule has 1 aliphatic rings. The van der Waals surface area contributed by atoms with Crippen molar-refractivity contribution < 1.29 is 0 Å². The Bertz CT molecular complexity index is 506. The Balaban J connectivity index is 3.38. The number of unbranched alkanes of at least 4 members (excludes halogenated alkanes) is 1. The van der Waals surface area contributed by atoms with Crippen molar-refractivity contribution in [2.45, 2.75) is 87.1 Å². The number of hydrogen-bond acceptors (Lipinski definition) is 1. The highest BCUT2D eigenvalue weighted by Gasteiger charge is 2.45. The first kappa shape index (κ1) is 22.2. The van der Waals surface area contributed by atoms with E-state index in [4.69, 9.17) is 0 Å². The first-order valence-corrected chi connectivity index (χ1v) is 10.6. The maximum atomic E-state index is 3.47. The monoisotopic (exact) mass is 345 g/mol. The molecular weight excluding hydrogens is 302 g/mol. The van der Waals surface area contributed by atoms with Crippen LogP contribution in [0.5, 0.6) is 0 Å². The van der Waals surface area contributed by atoms with Crippen LogP contribution in [0.15, 0.2) is 34.4 Å². The van der Waals surface area contributed by atoms with E-state index in [1.807, 2.05) is 0 Å². The molecule has 1 N–H and O–H groups in total. The standard InChI is InChI=1S/C24H43N/c1-10-12-13-21(17(5)11-2)18(6)22(15-14-16(3)4)24-19(7)23(24)20(8)25-9/h14-17,19-20,23,25H,10-13H2,1-9H3/b15-14-,21-18+,24-22-. The highest BCUT2D eigenvalue weighted by molar-refractivity contribution is 5.52. The van der Waals surface area contributed by atoms with Crippen LogP contribution in [-0.4, -0.2) is 13.1 Å². The van der Waals surface area contributed by atoms with Crippen molar-refractivity contribution >= 4 is 0 Å². The quantitative estimate of drug-likeness (QED) is 0.453. The van der Waals surface area contributed by atoms with Crippen LogP contribution in [0.1, 0.15) is 81.1 Å². The highest BCUT2D eigenvalue weighted by atomic mass is 14.9. The summed E-state index contributed by atoms with van der Waals surface area (Å²) >= 11 is 0. The van der Waals surface area contributed by atoms with E-state index < -0.39 is 0 Å². The molecule has 0 saturated heterocycles. The lowest BCUT2D eigenvalue weighted by atomic mass is 9.86. The molecule has 1 heteroatoms. The number of rotatable bonds is 10. The van der Waals surface area contributed by atoms with Crippen LogP contribution < -0.4 is 5.32 Å². The summed E-state index contributed by atoms with van der Waals surface area (Å²) in [4.78, 5) is 0. The van der Waals surface area contributed by atoms with Crippen molar-refractivity contribution in [1.82, 2.24) is 5.32 Å². The third kappa shape index (κ3) is 5.84. The Kier molecular flexibility index (Phi) is 9.21. The van der Waals surface area contributed by atoms with Crippen LogP contribution in [0.4, 0.5) is 0 Å². The second kappa shape index (κ2) is 10.4. The van der Waals surface area contributed by atoms with Crippen LogP contribution in [0.2, 0.25) is 0 Å². The van der Waals surface area contributed by atoms with Crippen LogP contribution >= 0.6 is 0 Å². The molecule has 0 aromatic carbocycles. The number of hydrogen-bond donors (Lipinski definition) is 1. The first-order chi connectivity index (χ1) is 11.8. The SMILES string of the molecule is CCCC\C(=C(C)/C(/C=C\C(C)C)=C1/C(C)C1C(C)NC)C(C)CC. The van der Waals surface area contributed by atoms with Gasteiger partial charge in [0, 0.05) is 12.0 Å². The van der Waals surface area contributed by atoms with Gasteiger partial charge in [0.25, 0.3) is 0 Å². The summed E-state index contributed by atoms with van der Waals surface area (Å²) in [7, 11) is 2.09. The lowest BCUT2D eigenvalue weighted by Gasteiger charge is -2.20. The Morgan fingerprint density at radius 1 is 1.16 bits per heavy atom. The largest absolute Gasteiger partial charge is 0.317 e. The molecule has 0 bridgehead atoms. The zero-order valence-electron chi connectivity index (χ0n) is 18.4. The summed E-state index contributed by atoms with van der Waals surface area (Å²) in [6, 6.07) is 0.558. The third-order valence-electron chi connectivity index (χ3n) is 6.12. The van der Waals surface area contributed by atoms with Crippen LogP contribution in [0.3, 0.4) is 0 Å². The van der Waals surface area contributed by atoms with Gasteiger partial charge in [-0.25, -0.2) is 0 Å². The maximum Gasteiger partial charge on any atom is 0.0107 e. The van der Waals surface area contributed by atoms with Crippen LogP contribution in [0, 0.1) is 23.7 Å². The van der Waals surface area contributed by atoms with Gasteiger partial charge < -0.3 is 5.32 Å². The Hall–Kier alpha value is -0.820. The van der Waals surface area contributed by atoms with Gasteiger partial charge in [-0.1, -0.05) is 71.3 Å². The predicted octanol–water partition coefficient (Wildman–Crippen LogP) is 6.92. The van der Waals surface area contributed by atoms with Crippen LogP contribution in [0.25, 0.3) is 0 Å². The number of allylic oxidation sites excluding steroid dienone is 5. The van der Waals surface area contributed by atoms with Gasteiger partial charge in [0.1, 0.15) is 0 Å². The zero-order valence-corrected chi connectivity index (χ0v) is 18.4. The molecule has 0 amide bonds. The highest BCUT2D eigenvalue weighted by Crippen LogP contribution is 2.51. The fourth-order valence-corrected chi connectivity index (χ4v) is 4.04. The molecule has 0 heterocycles. The van der Waals surface area contributed by atoms with Gasteiger partial charge in [-0.2, -0.15) is 0 Å². The van der Waals surface area contributed by atoms with E-state index in [1.165, 1.54) is 25.7 Å². The Morgan fingerprint density at radius 2 is 1.80 bits per heavy atom. The molecule has 1 fully saturated rings. The van der Waals surface area contributed by atoms with Gasteiger partial charge in [0.15, 0.2) is 0 Å². The molecule has 1 aliphatic carbocycles. The first-order valence-electron chi connectivity index (χ1n) is 10.6. The van der Waals surface area contributed by atoms with E-state index in [0.717, 1.165) is 0 Å². The molecule has 1 rings (SSSR count). The smallest absolute Gasteiger partial charge is 0.0107 e. The van der Waals surface area contributed by atoms with E-state index in [9.17, 15) is 0 Å². The van der Waals surface area contributed by atoms with E-state index in [1.54, 1.807) is 22.3 Å². The summed E-state index contributed by atoms with van der Waals surface area (Å²) < 4.78 is 0. The molecule has 0 aromatic heterocycles. The summed E-state index contributed by atoms with van der Waals surface area (Å²) in [6.45, 7) is 18.7. The van der Waals surface area contributed by atoms with Gasteiger partial charge in [0.05, 0.1) is 0 Å². The predicted molar refractivity (Wildman–Crippen MR) is 114 cm³/mol. The average Bonchev–Trinajstić information content (AvgIpc) is 3.24. The summed E-state index contributed by atoms with van der Waals surface area (Å²) in [5, 5.41) is 3.47. The second-order valence-corrected chi connectivity index (χ2v) is 8.43. The van der Waals surface area contributed by atoms with Crippen molar-refractivity contribution in [3.8, 4) is 0 Å². The zero-order chi connectivity index (χ0) is 19.1. The van der Waals surface area contributed by atoms with Crippen molar-refractivity contribution in [3.63, 3.8) is 0 Å². The van der Waals surface area contributed by atoms with E-state index in [-0.39, 0.29) is 0 Å². The van der Waals surface area contributed by atoms with E-state index in [2.05, 4.69) is 79.9 Å². The topological polar surface area (TPSA) is 12.0 Å². The molecule has 0 aliphatic heterocycles. The maximum absolute atomic E-state index is 3.47. The Morgan fingerprint density at radius 3 is 2.28 bits per heavy atom. The fourth-order valence-electron chi connectivity index (χ4n) is 4.04. The van der Waals surface area contributed by atoms with Gasteiger partial charge in [0.2, 0.25) is 0 Å². The summed E-state index contributed by atoms with van der Waals surface area (Å²) in [6.07, 6.45) is 9.88. The van der Waals surface area contributed by atoms with E-state index in [0.29, 0.717) is 29.7 Å². The lowest BCUT2D eigenvalue weighted by Crippen LogP contribution is -2.24. The minimum atomic E-state index is 0.558. The molecule has 4 unspecified atom stereocenters. The Labute approximate surface area is 158 Å². The minimum Gasteiger partial charge on any atom is -0.317 e. The molecular formula is C24H43N. The molecule has 1 saturated carbocycles. The fraction of sp³-hybridized carbons (Fsp3) is 0.750. The molecule has 144 valence electrons. The lowest BCUT2D eigenvalue weighted by molar-refractivity contribution is 0.526. The minimum absolute atomic E-state index is 0.558. The number of nitrogens with one attached hydrogen (secondary N) is 1. The van der Waals surface area contributed by atoms with Gasteiger partial charge in [-0.15, -0.1) is 0 Å².